The van der Waals surface area contributed by atoms with E-state index in [0.29, 0.717) is 0 Å². The Labute approximate surface area is 57.8 Å². The number of nitrogens with one attached hydrogen (secondary N) is 1. The van der Waals surface area contributed by atoms with Crippen LogP contribution in [0.1, 0.15) is 13.8 Å². The molecule has 0 saturated heterocycles. The third-order valence-corrected chi connectivity index (χ3v) is 2.72. The van der Waals surface area contributed by atoms with Crippen molar-refractivity contribution in [1.82, 2.24) is 4.72 Å². The Bertz CT molecular complexity index is 109. The minimum Gasteiger partial charge on any atom is -0.245 e. The lowest BCUT2D eigenvalue weighted by Crippen LogP contribution is -2.32. The highest BCUT2D eigenvalue weighted by molar-refractivity contribution is 8.77. The Kier molecular flexibility index (Phi) is 1.90. The van der Waals surface area contributed by atoms with Crippen LogP contribution in [0, 0.1) is 0 Å². The quantitative estimate of drug-likeness (QED) is 0.416. The number of hydrogen-bond donors (Lipinski definition) is 1. The maximum absolute atomic E-state index is 3.25. The fourth-order valence-electron chi connectivity index (χ4n) is 0.391. The van der Waals surface area contributed by atoms with Crippen LogP contribution in [-0.4, -0.2) is 5.54 Å². The van der Waals surface area contributed by atoms with Gasteiger partial charge in [0.1, 0.15) is 0 Å². The first-order valence-electron chi connectivity index (χ1n) is 2.48. The second-order valence-corrected chi connectivity index (χ2v) is 4.22. The van der Waals surface area contributed by atoms with Crippen LogP contribution in [0.2, 0.25) is 0 Å². The summed E-state index contributed by atoms with van der Waals surface area (Å²) in [5.74, 6) is 0. The number of rotatable bonds is 0. The zero-order valence-electron chi connectivity index (χ0n) is 4.97. The van der Waals surface area contributed by atoms with Crippen LogP contribution in [-0.2, 0) is 0 Å². The van der Waals surface area contributed by atoms with Gasteiger partial charge in [-0.15, -0.1) is 0 Å². The molecule has 1 rings (SSSR count). The highest BCUT2D eigenvalue weighted by Crippen LogP contribution is 2.28. The molecule has 0 aliphatic carbocycles. The average molecular weight is 147 g/mol. The SMILES string of the molecule is CC1(C)C=CSSN1. The Morgan fingerprint density at radius 1 is 1.50 bits per heavy atom. The second-order valence-electron chi connectivity index (χ2n) is 2.31. The van der Waals surface area contributed by atoms with Crippen LogP contribution in [0.3, 0.4) is 0 Å². The molecule has 0 aromatic rings. The standard InChI is InChI=1S/C5H9NS2/c1-5(2)3-4-7-8-6-5/h3-4,6H,1-2H3. The molecular weight excluding hydrogens is 138 g/mol. The maximum atomic E-state index is 3.25. The van der Waals surface area contributed by atoms with Gasteiger partial charge in [-0.1, -0.05) is 6.08 Å². The zero-order valence-corrected chi connectivity index (χ0v) is 6.60. The first-order chi connectivity index (χ1) is 3.71. The van der Waals surface area contributed by atoms with Crippen LogP contribution in [0.4, 0.5) is 0 Å². The predicted octanol–water partition coefficient (Wildman–Crippen LogP) is 2.18. The first kappa shape index (κ1) is 6.52. The molecule has 0 aromatic carbocycles. The van der Waals surface area contributed by atoms with E-state index < -0.39 is 0 Å². The summed E-state index contributed by atoms with van der Waals surface area (Å²) in [6, 6.07) is 0. The molecule has 0 radical (unpaired) electrons. The van der Waals surface area contributed by atoms with E-state index in [4.69, 9.17) is 0 Å². The van der Waals surface area contributed by atoms with Crippen LogP contribution in [0.15, 0.2) is 11.5 Å². The van der Waals surface area contributed by atoms with Gasteiger partial charge in [-0.3, -0.25) is 0 Å². The van der Waals surface area contributed by atoms with Gasteiger partial charge in [0.2, 0.25) is 0 Å². The van der Waals surface area contributed by atoms with Gasteiger partial charge in [-0.05, 0) is 41.0 Å². The molecule has 1 N–H and O–H groups in total. The summed E-state index contributed by atoms with van der Waals surface area (Å²) in [6.45, 7) is 4.30. The van der Waals surface area contributed by atoms with E-state index in [2.05, 4.69) is 30.1 Å². The Balaban J connectivity index is 2.56. The third kappa shape index (κ3) is 1.73. The summed E-state index contributed by atoms with van der Waals surface area (Å²) >= 11 is 0. The summed E-state index contributed by atoms with van der Waals surface area (Å²) in [4.78, 5) is 0. The Morgan fingerprint density at radius 3 is 2.50 bits per heavy atom. The van der Waals surface area contributed by atoms with Gasteiger partial charge in [-0.2, -0.15) is 0 Å². The smallest absolute Gasteiger partial charge is 0.0422 e. The van der Waals surface area contributed by atoms with Crippen molar-refractivity contribution in [3.05, 3.63) is 11.5 Å². The summed E-state index contributed by atoms with van der Waals surface area (Å²) in [5, 5.41) is 2.11. The van der Waals surface area contributed by atoms with Gasteiger partial charge in [0, 0.05) is 5.54 Å². The molecule has 0 bridgehead atoms. The molecule has 1 aliphatic rings. The lowest BCUT2D eigenvalue weighted by molar-refractivity contribution is 0.606. The van der Waals surface area contributed by atoms with E-state index >= 15 is 0 Å². The molecule has 3 heteroatoms. The minimum absolute atomic E-state index is 0.190. The largest absolute Gasteiger partial charge is 0.245 e. The molecule has 1 nitrogen and oxygen atoms in total. The van der Waals surface area contributed by atoms with Crippen molar-refractivity contribution in [2.45, 2.75) is 19.4 Å². The van der Waals surface area contributed by atoms with Crippen molar-refractivity contribution in [2.24, 2.45) is 0 Å². The second kappa shape index (κ2) is 2.33. The summed E-state index contributed by atoms with van der Waals surface area (Å²) in [6.07, 6.45) is 2.16. The molecule has 0 aromatic heterocycles. The predicted molar refractivity (Wildman–Crippen MR) is 41.5 cm³/mol. The summed E-state index contributed by atoms with van der Waals surface area (Å²) in [5.41, 5.74) is 0.190. The third-order valence-electron chi connectivity index (χ3n) is 0.893. The van der Waals surface area contributed by atoms with Gasteiger partial charge < -0.3 is 0 Å². The molecule has 0 fully saturated rings. The minimum atomic E-state index is 0.190. The monoisotopic (exact) mass is 147 g/mol. The molecule has 0 atom stereocenters. The fourth-order valence-corrected chi connectivity index (χ4v) is 2.30. The van der Waals surface area contributed by atoms with Gasteiger partial charge in [0.25, 0.3) is 0 Å². The normalized spacial score (nSPS) is 25.8. The van der Waals surface area contributed by atoms with Gasteiger partial charge >= 0.3 is 0 Å². The van der Waals surface area contributed by atoms with Crippen molar-refractivity contribution in [3.63, 3.8) is 0 Å². The topological polar surface area (TPSA) is 12.0 Å². The van der Waals surface area contributed by atoms with E-state index in [9.17, 15) is 0 Å². The van der Waals surface area contributed by atoms with E-state index in [1.165, 1.54) is 0 Å². The lowest BCUT2D eigenvalue weighted by atomic mass is 10.1. The Hall–Kier alpha value is 0.400. The van der Waals surface area contributed by atoms with Gasteiger partial charge in [-0.25, -0.2) is 4.72 Å². The molecule has 0 amide bonds. The molecule has 1 aliphatic heterocycles. The molecule has 8 heavy (non-hydrogen) atoms. The van der Waals surface area contributed by atoms with Crippen LogP contribution < -0.4 is 4.72 Å². The maximum Gasteiger partial charge on any atom is 0.0422 e. The van der Waals surface area contributed by atoms with Crippen molar-refractivity contribution in [2.75, 3.05) is 0 Å². The van der Waals surface area contributed by atoms with E-state index in [1.54, 1.807) is 21.8 Å². The van der Waals surface area contributed by atoms with Crippen LogP contribution in [0.5, 0.6) is 0 Å². The van der Waals surface area contributed by atoms with Crippen LogP contribution >= 0.6 is 21.8 Å². The van der Waals surface area contributed by atoms with Crippen molar-refractivity contribution < 1.29 is 0 Å². The van der Waals surface area contributed by atoms with E-state index in [0.717, 1.165) is 0 Å². The van der Waals surface area contributed by atoms with Gasteiger partial charge in [0.15, 0.2) is 0 Å². The van der Waals surface area contributed by atoms with Crippen molar-refractivity contribution in [3.8, 4) is 0 Å². The summed E-state index contributed by atoms with van der Waals surface area (Å²) < 4.78 is 3.25. The molecule has 0 unspecified atom stereocenters. The van der Waals surface area contributed by atoms with Gasteiger partial charge in [0.05, 0.1) is 0 Å². The first-order valence-corrected chi connectivity index (χ1v) is 4.69. The van der Waals surface area contributed by atoms with Crippen molar-refractivity contribution in [1.29, 1.82) is 0 Å². The molecule has 46 valence electrons. The molecule has 0 saturated carbocycles. The highest BCUT2D eigenvalue weighted by atomic mass is 33.1. The highest BCUT2D eigenvalue weighted by Gasteiger charge is 2.14. The average Bonchev–Trinajstić information content (AvgIpc) is 1.65. The molecule has 1 heterocycles. The van der Waals surface area contributed by atoms with Crippen molar-refractivity contribution >= 4 is 21.8 Å². The molecular formula is C5H9NS2. The lowest BCUT2D eigenvalue weighted by Gasteiger charge is -2.23. The van der Waals surface area contributed by atoms with Crippen LogP contribution in [0.25, 0.3) is 0 Å². The Morgan fingerprint density at radius 2 is 2.25 bits per heavy atom. The fraction of sp³-hybridized carbons (Fsp3) is 0.600. The number of hydrogen-bond acceptors (Lipinski definition) is 3. The summed E-state index contributed by atoms with van der Waals surface area (Å²) in [7, 11) is 3.40. The van der Waals surface area contributed by atoms with E-state index in [1.807, 2.05) is 0 Å². The zero-order chi connectivity index (χ0) is 6.04. The van der Waals surface area contributed by atoms with E-state index in [-0.39, 0.29) is 5.54 Å². The molecule has 0 spiro atoms.